The van der Waals surface area contributed by atoms with E-state index < -0.39 is 0 Å². The van der Waals surface area contributed by atoms with E-state index in [1.165, 1.54) is 25.7 Å². The molecule has 2 atom stereocenters. The highest BCUT2D eigenvalue weighted by Gasteiger charge is 2.46. The van der Waals surface area contributed by atoms with Crippen LogP contribution in [0.25, 0.3) is 0 Å². The third-order valence-electron chi connectivity index (χ3n) is 4.55. The Hall–Kier alpha value is -0.160. The zero-order chi connectivity index (χ0) is 11.6. The zero-order valence-electron chi connectivity index (χ0n) is 10.5. The van der Waals surface area contributed by atoms with E-state index >= 15 is 0 Å². The van der Waals surface area contributed by atoms with Gasteiger partial charge in [-0.15, -0.1) is 0 Å². The van der Waals surface area contributed by atoms with Gasteiger partial charge in [0.15, 0.2) is 0 Å². The summed E-state index contributed by atoms with van der Waals surface area (Å²) in [5, 5.41) is 0. The molecule has 0 amide bonds. The Balaban J connectivity index is 2.15. The van der Waals surface area contributed by atoms with Crippen LogP contribution in [0.3, 0.4) is 0 Å². The number of rotatable bonds is 4. The summed E-state index contributed by atoms with van der Waals surface area (Å²) in [6.45, 7) is 1.76. The lowest BCUT2D eigenvalue weighted by atomic mass is 9.79. The quantitative estimate of drug-likeness (QED) is 0.549. The van der Waals surface area contributed by atoms with E-state index in [1.54, 1.807) is 0 Å². The second-order valence-electron chi connectivity index (χ2n) is 5.47. The Morgan fingerprint density at radius 3 is 2.50 bits per heavy atom. The number of hydrogen-bond acceptors (Lipinski definition) is 4. The minimum atomic E-state index is 0.243. The van der Waals surface area contributed by atoms with Crippen molar-refractivity contribution in [2.24, 2.45) is 11.8 Å². The van der Waals surface area contributed by atoms with Crippen molar-refractivity contribution in [3.05, 3.63) is 0 Å². The Kier molecular flexibility index (Phi) is 3.85. The van der Waals surface area contributed by atoms with Crippen LogP contribution in [-0.2, 0) is 4.74 Å². The van der Waals surface area contributed by atoms with Gasteiger partial charge in [0.25, 0.3) is 0 Å². The smallest absolute Gasteiger partial charge is 0.0511 e. The lowest BCUT2D eigenvalue weighted by Gasteiger charge is -2.45. The maximum absolute atomic E-state index is 5.82. The largest absolute Gasteiger partial charge is 0.381 e. The van der Waals surface area contributed by atoms with Gasteiger partial charge in [-0.3, -0.25) is 11.3 Å². The molecule has 0 aromatic carbocycles. The first-order valence-electron chi connectivity index (χ1n) is 6.42. The van der Waals surface area contributed by atoms with Crippen molar-refractivity contribution in [3.8, 4) is 0 Å². The summed E-state index contributed by atoms with van der Waals surface area (Å²) in [6, 6.07) is 0.368. The van der Waals surface area contributed by atoms with E-state index in [2.05, 4.69) is 24.4 Å². The summed E-state index contributed by atoms with van der Waals surface area (Å²) in [7, 11) is 4.37. The van der Waals surface area contributed by atoms with Crippen molar-refractivity contribution < 1.29 is 4.74 Å². The standard InChI is InChI=1S/C12H25N3O/c1-15(2)12(6-3-4-7-12)11(14-13)10-5-8-16-9-10/h10-11,14H,3-9,13H2,1-2H3. The summed E-state index contributed by atoms with van der Waals surface area (Å²) in [4.78, 5) is 2.38. The Bertz CT molecular complexity index is 220. The van der Waals surface area contributed by atoms with Crippen LogP contribution in [0, 0.1) is 5.92 Å². The third-order valence-corrected chi connectivity index (χ3v) is 4.55. The second-order valence-corrected chi connectivity index (χ2v) is 5.47. The molecule has 1 heterocycles. The highest BCUT2D eigenvalue weighted by atomic mass is 16.5. The van der Waals surface area contributed by atoms with E-state index in [9.17, 15) is 0 Å². The first-order chi connectivity index (χ1) is 7.70. The Labute approximate surface area is 98.5 Å². The van der Waals surface area contributed by atoms with Crippen LogP contribution < -0.4 is 11.3 Å². The number of nitrogens with two attached hydrogens (primary N) is 1. The van der Waals surface area contributed by atoms with Gasteiger partial charge in [-0.1, -0.05) is 12.8 Å². The molecule has 2 aliphatic rings. The van der Waals surface area contributed by atoms with Crippen molar-refractivity contribution in [1.29, 1.82) is 0 Å². The van der Waals surface area contributed by atoms with Crippen LogP contribution >= 0.6 is 0 Å². The molecule has 4 nitrogen and oxygen atoms in total. The minimum absolute atomic E-state index is 0.243. The molecule has 4 heteroatoms. The van der Waals surface area contributed by atoms with Crippen LogP contribution in [0.2, 0.25) is 0 Å². The molecule has 1 saturated heterocycles. The summed E-state index contributed by atoms with van der Waals surface area (Å²) in [6.07, 6.45) is 6.30. The van der Waals surface area contributed by atoms with Gasteiger partial charge in [0.05, 0.1) is 6.61 Å². The predicted molar refractivity (Wildman–Crippen MR) is 64.9 cm³/mol. The fourth-order valence-corrected chi connectivity index (χ4v) is 3.57. The van der Waals surface area contributed by atoms with Crippen molar-refractivity contribution in [2.75, 3.05) is 27.3 Å². The molecule has 1 aliphatic carbocycles. The molecule has 0 spiro atoms. The molecule has 2 unspecified atom stereocenters. The second kappa shape index (κ2) is 5.00. The number of ether oxygens (including phenoxy) is 1. The molecule has 0 bridgehead atoms. The van der Waals surface area contributed by atoms with Crippen LogP contribution in [0.5, 0.6) is 0 Å². The molecule has 2 rings (SSSR count). The van der Waals surface area contributed by atoms with Gasteiger partial charge in [0.1, 0.15) is 0 Å². The SMILES string of the molecule is CN(C)C1(C(NN)C2CCOC2)CCCC1. The highest BCUT2D eigenvalue weighted by molar-refractivity contribution is 5.04. The Morgan fingerprint density at radius 1 is 1.38 bits per heavy atom. The van der Waals surface area contributed by atoms with Crippen LogP contribution in [-0.4, -0.2) is 43.8 Å². The van der Waals surface area contributed by atoms with Gasteiger partial charge in [0.2, 0.25) is 0 Å². The maximum Gasteiger partial charge on any atom is 0.0511 e. The molecule has 94 valence electrons. The molecule has 0 aromatic heterocycles. The molecular weight excluding hydrogens is 202 g/mol. The average Bonchev–Trinajstić information content (AvgIpc) is 2.89. The first kappa shape index (κ1) is 12.3. The molecule has 0 radical (unpaired) electrons. The number of hydrazine groups is 1. The lowest BCUT2D eigenvalue weighted by Crippen LogP contribution is -2.62. The van der Waals surface area contributed by atoms with Crippen LogP contribution in [0.15, 0.2) is 0 Å². The third kappa shape index (κ3) is 1.99. The molecule has 16 heavy (non-hydrogen) atoms. The zero-order valence-corrected chi connectivity index (χ0v) is 10.5. The molecule has 1 saturated carbocycles. The topological polar surface area (TPSA) is 50.5 Å². The molecular formula is C12H25N3O. The van der Waals surface area contributed by atoms with Gasteiger partial charge in [0, 0.05) is 24.1 Å². The van der Waals surface area contributed by atoms with Crippen molar-refractivity contribution >= 4 is 0 Å². The van der Waals surface area contributed by atoms with E-state index in [1.807, 2.05) is 0 Å². The molecule has 0 aromatic rings. The Morgan fingerprint density at radius 2 is 2.06 bits per heavy atom. The summed E-state index contributed by atoms with van der Waals surface area (Å²) >= 11 is 0. The molecule has 1 aliphatic heterocycles. The van der Waals surface area contributed by atoms with Gasteiger partial charge >= 0.3 is 0 Å². The number of nitrogens with zero attached hydrogens (tertiary/aromatic N) is 1. The number of nitrogens with one attached hydrogen (secondary N) is 1. The van der Waals surface area contributed by atoms with E-state index in [-0.39, 0.29) is 5.54 Å². The van der Waals surface area contributed by atoms with E-state index in [0.717, 1.165) is 19.6 Å². The average molecular weight is 227 g/mol. The molecule has 2 fully saturated rings. The van der Waals surface area contributed by atoms with Gasteiger partial charge in [-0.25, -0.2) is 0 Å². The van der Waals surface area contributed by atoms with Crippen molar-refractivity contribution in [2.45, 2.75) is 43.7 Å². The van der Waals surface area contributed by atoms with Gasteiger partial charge < -0.3 is 9.64 Å². The number of hydrogen-bond donors (Lipinski definition) is 2. The predicted octanol–water partition coefficient (Wildman–Crippen LogP) is 0.729. The summed E-state index contributed by atoms with van der Waals surface area (Å²) in [5.41, 5.74) is 3.33. The fourth-order valence-electron chi connectivity index (χ4n) is 3.57. The maximum atomic E-state index is 5.82. The monoisotopic (exact) mass is 227 g/mol. The summed E-state index contributed by atoms with van der Waals surface area (Å²) < 4.78 is 5.51. The normalized spacial score (nSPS) is 31.1. The molecule has 3 N–H and O–H groups in total. The summed E-state index contributed by atoms with van der Waals surface area (Å²) in [5.74, 6) is 6.40. The van der Waals surface area contributed by atoms with E-state index in [0.29, 0.717) is 12.0 Å². The van der Waals surface area contributed by atoms with Crippen molar-refractivity contribution in [1.82, 2.24) is 10.3 Å². The first-order valence-corrected chi connectivity index (χ1v) is 6.42. The van der Waals surface area contributed by atoms with E-state index in [4.69, 9.17) is 10.6 Å². The van der Waals surface area contributed by atoms with Gasteiger partial charge in [-0.2, -0.15) is 0 Å². The highest BCUT2D eigenvalue weighted by Crippen LogP contribution is 2.40. The number of likely N-dealkylation sites (N-methyl/N-ethyl adjacent to an activating group) is 1. The lowest BCUT2D eigenvalue weighted by molar-refractivity contribution is 0.0666. The fraction of sp³-hybridized carbons (Fsp3) is 1.00. The van der Waals surface area contributed by atoms with Crippen LogP contribution in [0.4, 0.5) is 0 Å². The minimum Gasteiger partial charge on any atom is -0.381 e. The van der Waals surface area contributed by atoms with Gasteiger partial charge in [-0.05, 0) is 33.4 Å². The van der Waals surface area contributed by atoms with Crippen molar-refractivity contribution in [3.63, 3.8) is 0 Å². The van der Waals surface area contributed by atoms with Crippen LogP contribution in [0.1, 0.15) is 32.1 Å².